The van der Waals surface area contributed by atoms with Crippen molar-refractivity contribution >= 4 is 0 Å². The van der Waals surface area contributed by atoms with Crippen molar-refractivity contribution in [1.29, 1.82) is 0 Å². The molecule has 1 heterocycles. The highest BCUT2D eigenvalue weighted by molar-refractivity contribution is 4.63. The van der Waals surface area contributed by atoms with Crippen molar-refractivity contribution in [3.63, 3.8) is 0 Å². The Kier molecular flexibility index (Phi) is 3.76. The number of rotatable bonds is 3. The van der Waals surface area contributed by atoms with E-state index >= 15 is 0 Å². The van der Waals surface area contributed by atoms with E-state index in [2.05, 4.69) is 0 Å². The van der Waals surface area contributed by atoms with Crippen LogP contribution in [0, 0.1) is 0 Å². The lowest BCUT2D eigenvalue weighted by atomic mass is 10.1. The number of nitrogens with two attached hydrogens (primary N) is 1. The van der Waals surface area contributed by atoms with Gasteiger partial charge in [0, 0.05) is 6.61 Å². The Morgan fingerprint density at radius 2 is 2.30 bits per heavy atom. The van der Waals surface area contributed by atoms with Crippen molar-refractivity contribution in [3.8, 4) is 0 Å². The SMILES string of the molecule is NCCC[C@H]1CCCCO1. The average molecular weight is 143 g/mol. The Morgan fingerprint density at radius 3 is 2.90 bits per heavy atom. The summed E-state index contributed by atoms with van der Waals surface area (Å²) in [7, 11) is 0. The molecule has 1 aliphatic heterocycles. The van der Waals surface area contributed by atoms with Crippen LogP contribution in [0.5, 0.6) is 0 Å². The molecule has 0 spiro atoms. The van der Waals surface area contributed by atoms with Gasteiger partial charge >= 0.3 is 0 Å². The zero-order valence-corrected chi connectivity index (χ0v) is 6.51. The van der Waals surface area contributed by atoms with Gasteiger partial charge in [0.05, 0.1) is 6.10 Å². The zero-order chi connectivity index (χ0) is 7.23. The molecule has 1 saturated heterocycles. The van der Waals surface area contributed by atoms with Gasteiger partial charge in [-0.15, -0.1) is 0 Å². The molecule has 1 rings (SSSR count). The number of hydrogen-bond donors (Lipinski definition) is 1. The second-order valence-electron chi connectivity index (χ2n) is 2.92. The highest BCUT2D eigenvalue weighted by Gasteiger charge is 2.11. The first-order valence-corrected chi connectivity index (χ1v) is 4.25. The minimum atomic E-state index is 0.525. The monoisotopic (exact) mass is 143 g/mol. The lowest BCUT2D eigenvalue weighted by Gasteiger charge is -2.21. The van der Waals surface area contributed by atoms with Gasteiger partial charge in [-0.05, 0) is 38.6 Å². The van der Waals surface area contributed by atoms with Gasteiger partial charge in [0.1, 0.15) is 0 Å². The number of ether oxygens (including phenoxy) is 1. The Labute approximate surface area is 62.7 Å². The van der Waals surface area contributed by atoms with E-state index in [1.165, 1.54) is 19.3 Å². The van der Waals surface area contributed by atoms with E-state index in [0.29, 0.717) is 6.10 Å². The lowest BCUT2D eigenvalue weighted by Crippen LogP contribution is -2.19. The van der Waals surface area contributed by atoms with Gasteiger partial charge in [0.25, 0.3) is 0 Å². The smallest absolute Gasteiger partial charge is 0.0575 e. The minimum absolute atomic E-state index is 0.525. The van der Waals surface area contributed by atoms with Crippen LogP contribution in [0.3, 0.4) is 0 Å². The molecule has 0 aromatic rings. The molecule has 0 bridgehead atoms. The summed E-state index contributed by atoms with van der Waals surface area (Å²) in [6, 6.07) is 0. The van der Waals surface area contributed by atoms with Crippen molar-refractivity contribution in [3.05, 3.63) is 0 Å². The highest BCUT2D eigenvalue weighted by Crippen LogP contribution is 2.16. The van der Waals surface area contributed by atoms with Crippen LogP contribution in [0.25, 0.3) is 0 Å². The zero-order valence-electron chi connectivity index (χ0n) is 6.51. The van der Waals surface area contributed by atoms with Crippen LogP contribution >= 0.6 is 0 Å². The minimum Gasteiger partial charge on any atom is -0.378 e. The Balaban J connectivity index is 2.02. The second kappa shape index (κ2) is 4.69. The van der Waals surface area contributed by atoms with Gasteiger partial charge < -0.3 is 10.5 Å². The maximum atomic E-state index is 5.52. The van der Waals surface area contributed by atoms with Gasteiger partial charge in [-0.2, -0.15) is 0 Å². The molecule has 0 aliphatic carbocycles. The third-order valence-corrected chi connectivity index (χ3v) is 2.00. The third kappa shape index (κ3) is 2.67. The Bertz CT molecular complexity index is 79.3. The van der Waals surface area contributed by atoms with Crippen LogP contribution < -0.4 is 5.73 Å². The molecule has 0 saturated carbocycles. The van der Waals surface area contributed by atoms with Crippen LogP contribution in [-0.4, -0.2) is 19.3 Å². The van der Waals surface area contributed by atoms with E-state index in [1.807, 2.05) is 0 Å². The first-order valence-electron chi connectivity index (χ1n) is 4.25. The predicted octanol–water partition coefficient (Wildman–Crippen LogP) is 1.29. The fraction of sp³-hybridized carbons (Fsp3) is 1.00. The van der Waals surface area contributed by atoms with E-state index in [0.717, 1.165) is 26.0 Å². The largest absolute Gasteiger partial charge is 0.378 e. The first-order chi connectivity index (χ1) is 4.93. The number of hydrogen-bond acceptors (Lipinski definition) is 2. The maximum absolute atomic E-state index is 5.52. The Morgan fingerprint density at radius 1 is 1.40 bits per heavy atom. The van der Waals surface area contributed by atoms with Crippen molar-refractivity contribution in [2.75, 3.05) is 13.2 Å². The van der Waals surface area contributed by atoms with E-state index in [1.54, 1.807) is 0 Å². The molecule has 2 N–H and O–H groups in total. The van der Waals surface area contributed by atoms with Crippen molar-refractivity contribution < 1.29 is 4.74 Å². The van der Waals surface area contributed by atoms with E-state index in [9.17, 15) is 0 Å². The summed E-state index contributed by atoms with van der Waals surface area (Å²) in [5.74, 6) is 0. The average Bonchev–Trinajstić information content (AvgIpc) is 2.03. The molecule has 0 aromatic heterocycles. The molecule has 0 unspecified atom stereocenters. The molecule has 1 atom stereocenters. The quantitative estimate of drug-likeness (QED) is 0.646. The predicted molar refractivity (Wildman–Crippen MR) is 41.9 cm³/mol. The fourth-order valence-corrected chi connectivity index (χ4v) is 1.38. The van der Waals surface area contributed by atoms with Crippen molar-refractivity contribution in [2.45, 2.75) is 38.2 Å². The third-order valence-electron chi connectivity index (χ3n) is 2.00. The van der Waals surface area contributed by atoms with Crippen molar-refractivity contribution in [1.82, 2.24) is 0 Å². The molecule has 0 aromatic carbocycles. The van der Waals surface area contributed by atoms with Gasteiger partial charge in [-0.3, -0.25) is 0 Å². The molecule has 2 nitrogen and oxygen atoms in total. The molecule has 1 aliphatic rings. The van der Waals surface area contributed by atoms with E-state index in [-0.39, 0.29) is 0 Å². The summed E-state index contributed by atoms with van der Waals surface area (Å²) in [4.78, 5) is 0. The van der Waals surface area contributed by atoms with Crippen LogP contribution in [0.15, 0.2) is 0 Å². The Hall–Kier alpha value is -0.0800. The second-order valence-corrected chi connectivity index (χ2v) is 2.92. The van der Waals surface area contributed by atoms with Crippen LogP contribution in [0.1, 0.15) is 32.1 Å². The van der Waals surface area contributed by atoms with E-state index in [4.69, 9.17) is 10.5 Å². The molecule has 10 heavy (non-hydrogen) atoms. The summed E-state index contributed by atoms with van der Waals surface area (Å²) >= 11 is 0. The van der Waals surface area contributed by atoms with Gasteiger partial charge in [0.15, 0.2) is 0 Å². The maximum Gasteiger partial charge on any atom is 0.0575 e. The van der Waals surface area contributed by atoms with Crippen LogP contribution in [-0.2, 0) is 4.74 Å². The van der Waals surface area contributed by atoms with Gasteiger partial charge in [-0.1, -0.05) is 0 Å². The first kappa shape index (κ1) is 8.02. The molecule has 1 fully saturated rings. The van der Waals surface area contributed by atoms with Crippen LogP contribution in [0.2, 0.25) is 0 Å². The molecule has 0 radical (unpaired) electrons. The lowest BCUT2D eigenvalue weighted by molar-refractivity contribution is 0.0105. The highest BCUT2D eigenvalue weighted by atomic mass is 16.5. The topological polar surface area (TPSA) is 35.2 Å². The van der Waals surface area contributed by atoms with Gasteiger partial charge in [0.2, 0.25) is 0 Å². The standard InChI is InChI=1S/C8H17NO/c9-6-3-5-8-4-1-2-7-10-8/h8H,1-7,9H2/t8-/m1/s1. The fourth-order valence-electron chi connectivity index (χ4n) is 1.38. The van der Waals surface area contributed by atoms with Gasteiger partial charge in [-0.25, -0.2) is 0 Å². The summed E-state index contributed by atoms with van der Waals surface area (Å²) in [5.41, 5.74) is 5.39. The van der Waals surface area contributed by atoms with E-state index < -0.39 is 0 Å². The summed E-state index contributed by atoms with van der Waals surface area (Å²) in [6.45, 7) is 1.77. The summed E-state index contributed by atoms with van der Waals surface area (Å²) in [5, 5.41) is 0. The van der Waals surface area contributed by atoms with Crippen molar-refractivity contribution in [2.24, 2.45) is 5.73 Å². The molecule has 0 amide bonds. The molecule has 60 valence electrons. The molecular formula is C8H17NO. The van der Waals surface area contributed by atoms with Crippen LogP contribution in [0.4, 0.5) is 0 Å². The molecule has 2 heteroatoms. The summed E-state index contributed by atoms with van der Waals surface area (Å²) in [6.07, 6.45) is 6.65. The molecular weight excluding hydrogens is 126 g/mol. The summed E-state index contributed by atoms with van der Waals surface area (Å²) < 4.78 is 5.52. The normalized spacial score (nSPS) is 26.7.